The van der Waals surface area contributed by atoms with Gasteiger partial charge in [-0.1, -0.05) is 17.3 Å². The molecule has 4 rings (SSSR count). The number of benzene rings is 1. The van der Waals surface area contributed by atoms with Crippen molar-refractivity contribution in [1.82, 2.24) is 29.8 Å². The molecule has 2 aromatic heterocycles. The standard InChI is InChI=1S/C28H33F4N7O6/c1-28(31,32)45-20-6-2-4-17(12-20)13-33-24(41)22-16-39(36-35-22)14-18(29)7-10-37-11-8-21(23(30)26(37)43)34-25(42)27(44)38-9-3-5-19(40)15-38/h2,4,6,8,11-12,16,18-19,24,33,40-41H,3,5,7,9-10,13-15H2,1H3,(H,34,42). The zero-order chi connectivity index (χ0) is 32.7. The normalized spacial score (nSPS) is 16.7. The number of pyridine rings is 1. The fraction of sp³-hybridized carbons (Fsp3) is 0.464. The van der Waals surface area contributed by atoms with Gasteiger partial charge in [-0.3, -0.25) is 19.7 Å². The SMILES string of the molecule is CC(F)(F)Oc1cccc(CNC(O)c2cn(CC(F)CCn3ccc(NC(=O)C(=O)N4CCCC(O)C4)c(F)c3=O)nn2)c1. The van der Waals surface area contributed by atoms with Gasteiger partial charge in [-0.2, -0.15) is 13.2 Å². The van der Waals surface area contributed by atoms with E-state index in [0.29, 0.717) is 25.3 Å². The molecule has 1 aromatic carbocycles. The molecule has 1 saturated heterocycles. The second kappa shape index (κ2) is 14.6. The van der Waals surface area contributed by atoms with Crippen molar-refractivity contribution in [3.63, 3.8) is 0 Å². The van der Waals surface area contributed by atoms with Crippen molar-refractivity contribution in [3.8, 4) is 5.75 Å². The first-order chi connectivity index (χ1) is 21.3. The smallest absolute Gasteiger partial charge is 0.394 e. The van der Waals surface area contributed by atoms with Gasteiger partial charge in [0.15, 0.2) is 6.23 Å². The molecule has 1 aliphatic heterocycles. The van der Waals surface area contributed by atoms with Crippen LogP contribution < -0.4 is 20.9 Å². The summed E-state index contributed by atoms with van der Waals surface area (Å²) in [5.41, 5.74) is -1.02. The van der Waals surface area contributed by atoms with E-state index in [1.54, 1.807) is 6.07 Å². The summed E-state index contributed by atoms with van der Waals surface area (Å²) in [6.45, 7) is 0.425. The Morgan fingerprint density at radius 1 is 1.27 bits per heavy atom. The van der Waals surface area contributed by atoms with Gasteiger partial charge in [-0.05, 0) is 43.0 Å². The van der Waals surface area contributed by atoms with Crippen LogP contribution in [0.25, 0.3) is 0 Å². The molecule has 0 aliphatic carbocycles. The average Bonchev–Trinajstić information content (AvgIpc) is 3.45. The highest BCUT2D eigenvalue weighted by Gasteiger charge is 2.28. The number of ether oxygens (including phenoxy) is 1. The average molecular weight is 640 g/mol. The first kappa shape index (κ1) is 33.5. The lowest BCUT2D eigenvalue weighted by atomic mass is 10.1. The van der Waals surface area contributed by atoms with E-state index < -0.39 is 53.5 Å². The minimum Gasteiger partial charge on any atom is -0.433 e. The van der Waals surface area contributed by atoms with Crippen LogP contribution in [0.1, 0.15) is 43.7 Å². The van der Waals surface area contributed by atoms with Gasteiger partial charge in [0.2, 0.25) is 5.82 Å². The molecule has 13 nitrogen and oxygen atoms in total. The molecule has 0 bridgehead atoms. The number of alkyl halides is 3. The van der Waals surface area contributed by atoms with Crippen molar-refractivity contribution in [2.45, 2.75) is 70.4 Å². The highest BCUT2D eigenvalue weighted by Crippen LogP contribution is 2.22. The molecule has 0 spiro atoms. The van der Waals surface area contributed by atoms with Crippen molar-refractivity contribution in [2.75, 3.05) is 18.4 Å². The number of hydrogen-bond donors (Lipinski definition) is 4. The van der Waals surface area contributed by atoms with Crippen molar-refractivity contribution in [2.24, 2.45) is 0 Å². The molecular formula is C28H33F4N7O6. The second-order valence-corrected chi connectivity index (χ2v) is 10.6. The van der Waals surface area contributed by atoms with Crippen LogP contribution in [0.5, 0.6) is 5.75 Å². The number of nitrogens with one attached hydrogen (secondary N) is 2. The van der Waals surface area contributed by atoms with E-state index >= 15 is 0 Å². The summed E-state index contributed by atoms with van der Waals surface area (Å²) in [7, 11) is 0. The lowest BCUT2D eigenvalue weighted by molar-refractivity contribution is -0.159. The highest BCUT2D eigenvalue weighted by atomic mass is 19.3. The molecule has 45 heavy (non-hydrogen) atoms. The Labute approximate surface area is 254 Å². The minimum atomic E-state index is -3.35. The number of halogens is 4. The van der Waals surface area contributed by atoms with Crippen LogP contribution in [0, 0.1) is 5.82 Å². The number of carbonyl (C=O) groups is 2. The van der Waals surface area contributed by atoms with Crippen LogP contribution in [0.15, 0.2) is 47.5 Å². The Bertz CT molecular complexity index is 1550. The van der Waals surface area contributed by atoms with Crippen molar-refractivity contribution < 1.29 is 42.1 Å². The molecule has 3 heterocycles. The number of nitrogens with zero attached hydrogens (tertiary/aromatic N) is 5. The van der Waals surface area contributed by atoms with Gasteiger partial charge in [0.1, 0.15) is 17.6 Å². The summed E-state index contributed by atoms with van der Waals surface area (Å²) in [6.07, 6.45) is -3.70. The van der Waals surface area contributed by atoms with Crippen LogP contribution in [-0.4, -0.2) is 78.0 Å². The number of aromatic nitrogens is 4. The lowest BCUT2D eigenvalue weighted by Crippen LogP contribution is -2.47. The van der Waals surface area contributed by atoms with Crippen LogP contribution >= 0.6 is 0 Å². The van der Waals surface area contributed by atoms with Gasteiger partial charge in [0, 0.05) is 39.3 Å². The Balaban J connectivity index is 1.25. The summed E-state index contributed by atoms with van der Waals surface area (Å²) >= 11 is 0. The van der Waals surface area contributed by atoms with Crippen LogP contribution in [0.3, 0.4) is 0 Å². The number of aliphatic hydroxyl groups excluding tert-OH is 2. The zero-order valence-corrected chi connectivity index (χ0v) is 24.2. The molecule has 0 saturated carbocycles. The third kappa shape index (κ3) is 9.57. The van der Waals surface area contributed by atoms with Gasteiger partial charge in [0.25, 0.3) is 5.56 Å². The molecule has 0 radical (unpaired) electrons. The Kier molecular flexibility index (Phi) is 10.9. The van der Waals surface area contributed by atoms with Crippen LogP contribution in [0.4, 0.5) is 23.2 Å². The molecule has 2 amide bonds. The number of amides is 2. The Hall–Kier alpha value is -4.35. The summed E-state index contributed by atoms with van der Waals surface area (Å²) in [5.74, 6) is -3.48. The number of aryl methyl sites for hydroxylation is 1. The summed E-state index contributed by atoms with van der Waals surface area (Å²) in [4.78, 5) is 38.2. The maximum atomic E-state index is 14.7. The molecule has 4 N–H and O–H groups in total. The fourth-order valence-electron chi connectivity index (χ4n) is 4.62. The second-order valence-electron chi connectivity index (χ2n) is 10.6. The van der Waals surface area contributed by atoms with Gasteiger partial charge in [-0.25, -0.2) is 9.07 Å². The number of piperidine rings is 1. The third-order valence-corrected chi connectivity index (χ3v) is 6.83. The fourth-order valence-corrected chi connectivity index (χ4v) is 4.62. The summed E-state index contributed by atoms with van der Waals surface area (Å²) < 4.78 is 62.2. The lowest BCUT2D eigenvalue weighted by Gasteiger charge is -2.29. The maximum absolute atomic E-state index is 14.7. The number of aliphatic hydroxyl groups is 2. The molecular weight excluding hydrogens is 606 g/mol. The van der Waals surface area contributed by atoms with Gasteiger partial charge >= 0.3 is 17.9 Å². The topological polar surface area (TPSA) is 164 Å². The van der Waals surface area contributed by atoms with E-state index in [4.69, 9.17) is 0 Å². The monoisotopic (exact) mass is 639 g/mol. The Morgan fingerprint density at radius 3 is 2.78 bits per heavy atom. The van der Waals surface area contributed by atoms with E-state index in [-0.39, 0.29) is 50.6 Å². The van der Waals surface area contributed by atoms with Gasteiger partial charge < -0.3 is 29.7 Å². The van der Waals surface area contributed by atoms with Crippen LogP contribution in [-0.2, 0) is 29.2 Å². The summed E-state index contributed by atoms with van der Waals surface area (Å²) in [6, 6.07) is 6.99. The molecule has 3 atom stereocenters. The minimum absolute atomic E-state index is 0.0219. The molecule has 3 unspecified atom stereocenters. The van der Waals surface area contributed by atoms with Crippen molar-refractivity contribution >= 4 is 17.5 Å². The summed E-state index contributed by atoms with van der Waals surface area (Å²) in [5, 5.41) is 32.5. The molecule has 244 valence electrons. The number of rotatable bonds is 12. The first-order valence-corrected chi connectivity index (χ1v) is 14.1. The number of β-amino-alcohol motifs (C(OH)–C–C–N with tert-alkyl or cyclic N) is 1. The predicted octanol–water partition coefficient (Wildman–Crippen LogP) is 1.70. The van der Waals surface area contributed by atoms with E-state index in [9.17, 15) is 42.2 Å². The first-order valence-electron chi connectivity index (χ1n) is 14.1. The molecule has 17 heteroatoms. The maximum Gasteiger partial charge on any atom is 0.394 e. The quantitative estimate of drug-likeness (QED) is 0.131. The van der Waals surface area contributed by atoms with Crippen LogP contribution in [0.2, 0.25) is 0 Å². The third-order valence-electron chi connectivity index (χ3n) is 6.83. The predicted molar refractivity (Wildman–Crippen MR) is 150 cm³/mol. The van der Waals surface area contributed by atoms with Crippen molar-refractivity contribution in [3.05, 3.63) is 70.2 Å². The Morgan fingerprint density at radius 2 is 2.04 bits per heavy atom. The molecule has 1 fully saturated rings. The molecule has 3 aromatic rings. The van der Waals surface area contributed by atoms with E-state index in [2.05, 4.69) is 25.7 Å². The van der Waals surface area contributed by atoms with Gasteiger partial charge in [-0.15, -0.1) is 5.10 Å². The van der Waals surface area contributed by atoms with Gasteiger partial charge in [0.05, 0.1) is 24.5 Å². The zero-order valence-electron chi connectivity index (χ0n) is 24.2. The highest BCUT2D eigenvalue weighted by molar-refractivity contribution is 6.39. The number of likely N-dealkylation sites (tertiary alicyclic amines) is 1. The number of hydrogen-bond acceptors (Lipinski definition) is 9. The van der Waals surface area contributed by atoms with Crippen molar-refractivity contribution in [1.29, 1.82) is 0 Å². The number of carbonyl (C=O) groups excluding carboxylic acids is 2. The molecule has 1 aliphatic rings. The van der Waals surface area contributed by atoms with E-state index in [1.165, 1.54) is 24.4 Å². The largest absolute Gasteiger partial charge is 0.433 e. The van der Waals surface area contributed by atoms with E-state index in [0.717, 1.165) is 26.4 Å². The van der Waals surface area contributed by atoms with E-state index in [1.807, 2.05) is 0 Å². The number of anilines is 1.